The summed E-state index contributed by atoms with van der Waals surface area (Å²) in [5.74, 6) is 4.98. The van der Waals surface area contributed by atoms with Crippen molar-refractivity contribution in [3.05, 3.63) is 28.2 Å². The van der Waals surface area contributed by atoms with Crippen LogP contribution < -0.4 is 10.8 Å². The van der Waals surface area contributed by atoms with E-state index in [1.54, 1.807) is 0 Å². The Kier molecular flexibility index (Phi) is 4.38. The topological polar surface area (TPSA) is 38.5 Å². The molecular formula is C10H15BrN2O. The van der Waals surface area contributed by atoms with Crippen LogP contribution in [0.25, 0.3) is 0 Å². The second kappa shape index (κ2) is 5.34. The molecule has 0 aliphatic rings. The summed E-state index contributed by atoms with van der Waals surface area (Å²) in [4.78, 5) is 6.63. The van der Waals surface area contributed by atoms with Gasteiger partial charge in [0, 0.05) is 18.1 Å². The van der Waals surface area contributed by atoms with Crippen molar-refractivity contribution in [2.45, 2.75) is 6.92 Å². The number of halogens is 1. The highest BCUT2D eigenvalue weighted by molar-refractivity contribution is 9.10. The summed E-state index contributed by atoms with van der Waals surface area (Å²) in [6.07, 6.45) is 0. The number of benzene rings is 1. The van der Waals surface area contributed by atoms with Gasteiger partial charge in [0.2, 0.25) is 0 Å². The van der Waals surface area contributed by atoms with Crippen LogP contribution >= 0.6 is 15.9 Å². The Morgan fingerprint density at radius 3 is 2.79 bits per heavy atom. The monoisotopic (exact) mass is 258 g/mol. The fourth-order valence-corrected chi connectivity index (χ4v) is 2.03. The normalized spacial score (nSPS) is 10.3. The number of hydrogen-bond donors (Lipinski definition) is 1. The zero-order valence-corrected chi connectivity index (χ0v) is 10.0. The van der Waals surface area contributed by atoms with Gasteiger partial charge in [-0.25, -0.2) is 5.90 Å². The van der Waals surface area contributed by atoms with Crippen LogP contribution in [0.1, 0.15) is 5.56 Å². The summed E-state index contributed by atoms with van der Waals surface area (Å²) in [5, 5.41) is 0. The molecule has 0 unspecified atom stereocenters. The van der Waals surface area contributed by atoms with Crippen LogP contribution in [0, 0.1) is 6.92 Å². The van der Waals surface area contributed by atoms with Crippen molar-refractivity contribution >= 4 is 21.6 Å². The molecule has 1 rings (SSSR count). The molecule has 0 bridgehead atoms. The molecule has 0 radical (unpaired) electrons. The Balaban J connectivity index is 2.74. The first-order valence-corrected chi connectivity index (χ1v) is 5.23. The Morgan fingerprint density at radius 1 is 1.50 bits per heavy atom. The van der Waals surface area contributed by atoms with E-state index in [0.29, 0.717) is 6.61 Å². The molecule has 0 aliphatic heterocycles. The SMILES string of the molecule is Cc1ccc(N(C)CCON)c(Br)c1. The number of nitrogens with two attached hydrogens (primary N) is 1. The third-order valence-corrected chi connectivity index (χ3v) is 2.69. The van der Waals surface area contributed by atoms with Crippen molar-refractivity contribution < 1.29 is 4.84 Å². The molecule has 1 aromatic carbocycles. The van der Waals surface area contributed by atoms with E-state index in [2.05, 4.69) is 50.8 Å². The number of nitrogens with zero attached hydrogens (tertiary/aromatic N) is 1. The quantitative estimate of drug-likeness (QED) is 0.841. The van der Waals surface area contributed by atoms with Gasteiger partial charge in [0.25, 0.3) is 0 Å². The van der Waals surface area contributed by atoms with Gasteiger partial charge in [0.1, 0.15) is 0 Å². The highest BCUT2D eigenvalue weighted by Gasteiger charge is 2.04. The highest BCUT2D eigenvalue weighted by atomic mass is 79.9. The fourth-order valence-electron chi connectivity index (χ4n) is 1.23. The van der Waals surface area contributed by atoms with Gasteiger partial charge in [-0.1, -0.05) is 6.07 Å². The third-order valence-electron chi connectivity index (χ3n) is 2.06. The maximum absolute atomic E-state index is 4.98. The first-order chi connectivity index (χ1) is 6.65. The molecule has 0 saturated heterocycles. The number of hydrogen-bond acceptors (Lipinski definition) is 3. The molecule has 1 aromatic rings. The van der Waals surface area contributed by atoms with Crippen LogP contribution in [0.2, 0.25) is 0 Å². The van der Waals surface area contributed by atoms with Gasteiger partial charge in [0.05, 0.1) is 12.3 Å². The van der Waals surface area contributed by atoms with Crippen molar-refractivity contribution in [1.29, 1.82) is 0 Å². The van der Waals surface area contributed by atoms with Gasteiger partial charge >= 0.3 is 0 Å². The minimum Gasteiger partial charge on any atom is -0.371 e. The van der Waals surface area contributed by atoms with Crippen LogP contribution in [0.3, 0.4) is 0 Å². The van der Waals surface area contributed by atoms with E-state index in [9.17, 15) is 0 Å². The van der Waals surface area contributed by atoms with Crippen LogP contribution in [0.15, 0.2) is 22.7 Å². The molecular weight excluding hydrogens is 244 g/mol. The molecule has 78 valence electrons. The highest BCUT2D eigenvalue weighted by Crippen LogP contribution is 2.25. The lowest BCUT2D eigenvalue weighted by molar-refractivity contribution is 0.145. The van der Waals surface area contributed by atoms with E-state index in [1.165, 1.54) is 5.56 Å². The van der Waals surface area contributed by atoms with Crippen LogP contribution in [0.5, 0.6) is 0 Å². The predicted octanol–water partition coefficient (Wildman–Crippen LogP) is 2.08. The third kappa shape index (κ3) is 2.97. The smallest absolute Gasteiger partial charge is 0.0854 e. The number of rotatable bonds is 4. The number of likely N-dealkylation sites (N-methyl/N-ethyl adjacent to an activating group) is 1. The lowest BCUT2D eigenvalue weighted by Gasteiger charge is -2.20. The van der Waals surface area contributed by atoms with E-state index >= 15 is 0 Å². The molecule has 0 heterocycles. The van der Waals surface area contributed by atoms with Gasteiger partial charge < -0.3 is 9.74 Å². The van der Waals surface area contributed by atoms with Gasteiger partial charge in [-0.15, -0.1) is 0 Å². The molecule has 0 spiro atoms. The average molecular weight is 259 g/mol. The van der Waals surface area contributed by atoms with Crippen molar-refractivity contribution in [2.75, 3.05) is 25.1 Å². The summed E-state index contributed by atoms with van der Waals surface area (Å²) < 4.78 is 1.09. The van der Waals surface area contributed by atoms with Crippen LogP contribution in [-0.4, -0.2) is 20.2 Å². The first kappa shape index (κ1) is 11.5. The van der Waals surface area contributed by atoms with E-state index in [4.69, 9.17) is 5.90 Å². The number of anilines is 1. The Morgan fingerprint density at radius 2 is 2.21 bits per heavy atom. The fraction of sp³-hybridized carbons (Fsp3) is 0.400. The Bertz CT molecular complexity index is 304. The molecule has 3 nitrogen and oxygen atoms in total. The van der Waals surface area contributed by atoms with E-state index in [1.807, 2.05) is 7.05 Å². The zero-order valence-electron chi connectivity index (χ0n) is 8.46. The molecule has 0 saturated carbocycles. The lowest BCUT2D eigenvalue weighted by atomic mass is 10.2. The molecule has 14 heavy (non-hydrogen) atoms. The average Bonchev–Trinajstić information content (AvgIpc) is 2.14. The lowest BCUT2D eigenvalue weighted by Crippen LogP contribution is -2.24. The van der Waals surface area contributed by atoms with E-state index in [-0.39, 0.29) is 0 Å². The molecule has 0 aromatic heterocycles. The van der Waals surface area contributed by atoms with Crippen molar-refractivity contribution in [3.8, 4) is 0 Å². The summed E-state index contributed by atoms with van der Waals surface area (Å²) in [6.45, 7) is 3.37. The zero-order chi connectivity index (χ0) is 10.6. The summed E-state index contributed by atoms with van der Waals surface area (Å²) >= 11 is 3.53. The van der Waals surface area contributed by atoms with Crippen molar-refractivity contribution in [1.82, 2.24) is 0 Å². The molecule has 0 fully saturated rings. The molecule has 4 heteroatoms. The van der Waals surface area contributed by atoms with Gasteiger partial charge in [-0.05, 0) is 40.5 Å². The van der Waals surface area contributed by atoms with E-state index in [0.717, 1.165) is 16.7 Å². The van der Waals surface area contributed by atoms with Crippen LogP contribution in [-0.2, 0) is 4.84 Å². The van der Waals surface area contributed by atoms with Gasteiger partial charge in [-0.3, -0.25) is 0 Å². The van der Waals surface area contributed by atoms with Crippen LogP contribution in [0.4, 0.5) is 5.69 Å². The summed E-state index contributed by atoms with van der Waals surface area (Å²) in [7, 11) is 2.01. The van der Waals surface area contributed by atoms with Gasteiger partial charge in [-0.2, -0.15) is 0 Å². The second-order valence-corrected chi connectivity index (χ2v) is 4.10. The number of aryl methyl sites for hydroxylation is 1. The Labute approximate surface area is 92.9 Å². The maximum atomic E-state index is 4.98. The molecule has 0 atom stereocenters. The molecule has 0 amide bonds. The van der Waals surface area contributed by atoms with Crippen molar-refractivity contribution in [2.24, 2.45) is 5.90 Å². The minimum absolute atomic E-state index is 0.525. The van der Waals surface area contributed by atoms with Gasteiger partial charge in [0.15, 0.2) is 0 Å². The standard InChI is InChI=1S/C10H15BrN2O/c1-8-3-4-10(9(11)7-8)13(2)5-6-14-12/h3-4,7H,5-6,12H2,1-2H3. The largest absolute Gasteiger partial charge is 0.371 e. The summed E-state index contributed by atoms with van der Waals surface area (Å²) in [5.41, 5.74) is 2.39. The summed E-state index contributed by atoms with van der Waals surface area (Å²) in [6, 6.07) is 6.25. The first-order valence-electron chi connectivity index (χ1n) is 4.44. The van der Waals surface area contributed by atoms with E-state index < -0.39 is 0 Å². The molecule has 0 aliphatic carbocycles. The molecule has 2 N–H and O–H groups in total. The van der Waals surface area contributed by atoms with Crippen molar-refractivity contribution in [3.63, 3.8) is 0 Å². The Hall–Kier alpha value is -0.580. The maximum Gasteiger partial charge on any atom is 0.0854 e. The predicted molar refractivity (Wildman–Crippen MR) is 62.3 cm³/mol. The minimum atomic E-state index is 0.525. The second-order valence-electron chi connectivity index (χ2n) is 3.25.